The maximum atomic E-state index is 9.19. The van der Waals surface area contributed by atoms with Crippen LogP contribution in [0.1, 0.15) is 24.5 Å². The molecule has 0 aromatic heterocycles. The van der Waals surface area contributed by atoms with Gasteiger partial charge in [0.1, 0.15) is 24.1 Å². The maximum Gasteiger partial charge on any atom is 0.283 e. The van der Waals surface area contributed by atoms with E-state index in [1.54, 1.807) is 6.07 Å². The number of aliphatic imine (C=N–C) groups is 1. The zero-order valence-corrected chi connectivity index (χ0v) is 14.9. The Bertz CT molecular complexity index is 1010. The monoisotopic (exact) mass is 361 g/mol. The predicted molar refractivity (Wildman–Crippen MR) is 99.2 cm³/mol. The molecule has 2 aromatic rings. The van der Waals surface area contributed by atoms with Gasteiger partial charge in [0.25, 0.3) is 6.02 Å². The summed E-state index contributed by atoms with van der Waals surface area (Å²) in [6.45, 7) is 3.00. The van der Waals surface area contributed by atoms with Crippen LogP contribution in [0.4, 0.5) is 0 Å². The second kappa shape index (κ2) is 5.48. The number of amidine groups is 1. The van der Waals surface area contributed by atoms with Crippen LogP contribution < -0.4 is 10.5 Å². The van der Waals surface area contributed by atoms with Crippen LogP contribution in [0, 0.1) is 11.3 Å². The first-order valence-electron chi connectivity index (χ1n) is 8.98. The predicted octanol–water partition coefficient (Wildman–Crippen LogP) is 2.71. The van der Waals surface area contributed by atoms with Crippen molar-refractivity contribution >= 4 is 6.02 Å². The Balaban J connectivity index is 1.69. The zero-order valence-electron chi connectivity index (χ0n) is 14.9. The molecule has 3 atom stereocenters. The van der Waals surface area contributed by atoms with Crippen molar-refractivity contribution in [3.8, 4) is 22.9 Å². The second-order valence-corrected chi connectivity index (χ2v) is 7.48. The molecule has 0 saturated carbocycles. The minimum atomic E-state index is -0.717. The largest absolute Gasteiger partial charge is 0.484 e. The molecule has 1 saturated heterocycles. The Morgan fingerprint density at radius 1 is 1.22 bits per heavy atom. The average Bonchev–Trinajstić information content (AvgIpc) is 3.26. The molecule has 1 fully saturated rings. The van der Waals surface area contributed by atoms with E-state index in [0.29, 0.717) is 18.8 Å². The fourth-order valence-corrected chi connectivity index (χ4v) is 4.45. The van der Waals surface area contributed by atoms with Gasteiger partial charge in [0.05, 0.1) is 18.2 Å². The summed E-state index contributed by atoms with van der Waals surface area (Å²) in [5.74, 6) is 0.779. The highest BCUT2D eigenvalue weighted by Crippen LogP contribution is 2.53. The van der Waals surface area contributed by atoms with E-state index in [9.17, 15) is 5.26 Å². The molecular formula is C21H19N3O3. The van der Waals surface area contributed by atoms with E-state index in [0.717, 1.165) is 28.9 Å². The quantitative estimate of drug-likeness (QED) is 0.843. The van der Waals surface area contributed by atoms with Crippen molar-refractivity contribution in [1.82, 2.24) is 0 Å². The van der Waals surface area contributed by atoms with Gasteiger partial charge >= 0.3 is 0 Å². The number of nitrogens with zero attached hydrogens (tertiary/aromatic N) is 2. The Labute approximate surface area is 157 Å². The summed E-state index contributed by atoms with van der Waals surface area (Å²) >= 11 is 0. The standard InChI is InChI=1S/C21H19N3O3/c1-20-7-8-25-18(20)21(12-26-19(23)24-21)16-10-15(5-6-17(16)27-20)14-4-2-3-13(9-14)11-22/h2-6,9-10,18H,7-8,12H2,1H3,(H2,23,24)/t18-,20+,21?/m1/s1. The Morgan fingerprint density at radius 2 is 2.07 bits per heavy atom. The van der Waals surface area contributed by atoms with E-state index in [2.05, 4.69) is 19.1 Å². The highest BCUT2D eigenvalue weighted by Gasteiger charge is 2.62. The van der Waals surface area contributed by atoms with Crippen LogP contribution in [0.3, 0.4) is 0 Å². The molecule has 0 aliphatic carbocycles. The lowest BCUT2D eigenvalue weighted by Gasteiger charge is -2.45. The summed E-state index contributed by atoms with van der Waals surface area (Å²) in [5.41, 5.74) is 8.20. The minimum Gasteiger partial charge on any atom is -0.484 e. The molecule has 3 aliphatic rings. The van der Waals surface area contributed by atoms with Gasteiger partial charge in [0.2, 0.25) is 0 Å². The average molecular weight is 361 g/mol. The van der Waals surface area contributed by atoms with Crippen molar-refractivity contribution in [2.45, 2.75) is 30.6 Å². The summed E-state index contributed by atoms with van der Waals surface area (Å²) in [4.78, 5) is 4.69. The third-order valence-electron chi connectivity index (χ3n) is 5.74. The molecule has 3 heterocycles. The van der Waals surface area contributed by atoms with Crippen molar-refractivity contribution in [2.75, 3.05) is 13.2 Å². The lowest BCUT2D eigenvalue weighted by Crippen LogP contribution is -2.57. The van der Waals surface area contributed by atoms with Crippen molar-refractivity contribution in [3.63, 3.8) is 0 Å². The molecular weight excluding hydrogens is 342 g/mol. The molecule has 6 heteroatoms. The van der Waals surface area contributed by atoms with Crippen molar-refractivity contribution in [1.29, 1.82) is 5.26 Å². The Morgan fingerprint density at radius 3 is 2.85 bits per heavy atom. The number of ether oxygens (including phenoxy) is 3. The molecule has 0 radical (unpaired) electrons. The highest BCUT2D eigenvalue weighted by molar-refractivity contribution is 5.76. The van der Waals surface area contributed by atoms with Gasteiger partial charge in [-0.2, -0.15) is 5.26 Å². The third-order valence-corrected chi connectivity index (χ3v) is 5.74. The fourth-order valence-electron chi connectivity index (χ4n) is 4.45. The van der Waals surface area contributed by atoms with Crippen LogP contribution in [-0.2, 0) is 15.0 Å². The highest BCUT2D eigenvalue weighted by atomic mass is 16.6. The number of hydrogen-bond acceptors (Lipinski definition) is 6. The first kappa shape index (κ1) is 16.2. The Hall–Kier alpha value is -3.04. The lowest BCUT2D eigenvalue weighted by atomic mass is 9.74. The number of hydrogen-bond donors (Lipinski definition) is 1. The van der Waals surface area contributed by atoms with Crippen molar-refractivity contribution < 1.29 is 14.2 Å². The molecule has 0 amide bonds. The summed E-state index contributed by atoms with van der Waals surface area (Å²) in [6, 6.07) is 15.9. The van der Waals surface area contributed by atoms with Crippen LogP contribution in [0.2, 0.25) is 0 Å². The van der Waals surface area contributed by atoms with Crippen molar-refractivity contribution in [2.24, 2.45) is 10.7 Å². The molecule has 2 N–H and O–H groups in total. The molecule has 1 unspecified atom stereocenters. The van der Waals surface area contributed by atoms with Gasteiger partial charge in [-0.05, 0) is 42.3 Å². The molecule has 136 valence electrons. The Kier molecular flexibility index (Phi) is 3.28. The van der Waals surface area contributed by atoms with E-state index >= 15 is 0 Å². The van der Waals surface area contributed by atoms with Crippen molar-refractivity contribution in [3.05, 3.63) is 53.6 Å². The number of benzene rings is 2. The third kappa shape index (κ3) is 2.25. The van der Waals surface area contributed by atoms with E-state index in [-0.39, 0.29) is 12.1 Å². The maximum absolute atomic E-state index is 9.19. The fraction of sp³-hybridized carbons (Fsp3) is 0.333. The van der Waals surface area contributed by atoms with Gasteiger partial charge in [-0.25, -0.2) is 4.99 Å². The molecule has 27 heavy (non-hydrogen) atoms. The number of nitriles is 1. The smallest absolute Gasteiger partial charge is 0.283 e. The molecule has 2 aromatic carbocycles. The minimum absolute atomic E-state index is 0.178. The van der Waals surface area contributed by atoms with E-state index in [4.69, 9.17) is 24.9 Å². The summed E-state index contributed by atoms with van der Waals surface area (Å²) in [5, 5.41) is 9.19. The van der Waals surface area contributed by atoms with Gasteiger partial charge in [-0.15, -0.1) is 0 Å². The van der Waals surface area contributed by atoms with Crippen LogP contribution >= 0.6 is 0 Å². The normalized spacial score (nSPS) is 30.7. The number of fused-ring (bicyclic) bond motifs is 4. The first-order chi connectivity index (χ1) is 13.0. The first-order valence-corrected chi connectivity index (χ1v) is 8.98. The molecule has 3 aliphatic heterocycles. The van der Waals surface area contributed by atoms with E-state index in [1.165, 1.54) is 0 Å². The van der Waals surface area contributed by atoms with E-state index in [1.807, 2.05) is 30.3 Å². The lowest BCUT2D eigenvalue weighted by molar-refractivity contribution is -0.0755. The van der Waals surface area contributed by atoms with Gasteiger partial charge in [0.15, 0.2) is 5.54 Å². The summed E-state index contributed by atoms with van der Waals surface area (Å²) < 4.78 is 18.0. The SMILES string of the molecule is C[C@]12CCO[C@H]1C1(COC(N)=N1)c1cc(-c3cccc(C#N)c3)ccc1O2. The van der Waals surface area contributed by atoms with Gasteiger partial charge in [0, 0.05) is 12.0 Å². The summed E-state index contributed by atoms with van der Waals surface area (Å²) in [7, 11) is 0. The van der Waals surface area contributed by atoms with Gasteiger partial charge < -0.3 is 19.9 Å². The second-order valence-electron chi connectivity index (χ2n) is 7.48. The van der Waals surface area contributed by atoms with E-state index < -0.39 is 11.1 Å². The van der Waals surface area contributed by atoms with Crippen LogP contribution in [-0.4, -0.2) is 30.9 Å². The molecule has 0 bridgehead atoms. The van der Waals surface area contributed by atoms with Gasteiger partial charge in [-0.3, -0.25) is 0 Å². The molecule has 6 nitrogen and oxygen atoms in total. The molecule has 1 spiro atoms. The van der Waals surface area contributed by atoms with Crippen LogP contribution in [0.25, 0.3) is 11.1 Å². The number of rotatable bonds is 1. The molecule has 5 rings (SSSR count). The van der Waals surface area contributed by atoms with Crippen LogP contribution in [0.5, 0.6) is 5.75 Å². The number of nitrogens with two attached hydrogens (primary N) is 1. The van der Waals surface area contributed by atoms with Crippen LogP contribution in [0.15, 0.2) is 47.5 Å². The summed E-state index contributed by atoms with van der Waals surface area (Å²) in [6.07, 6.45) is 0.527. The topological polar surface area (TPSA) is 89.9 Å². The van der Waals surface area contributed by atoms with Gasteiger partial charge in [-0.1, -0.05) is 18.2 Å². The zero-order chi connectivity index (χ0) is 18.6.